The number of rotatable bonds is 6. The van der Waals surface area contributed by atoms with Gasteiger partial charge in [0, 0.05) is 49.8 Å². The van der Waals surface area contributed by atoms with Crippen molar-refractivity contribution >= 4 is 29.0 Å². The second kappa shape index (κ2) is 10.4. The summed E-state index contributed by atoms with van der Waals surface area (Å²) >= 11 is 6.46. The lowest BCUT2D eigenvalue weighted by atomic mass is 9.95. The number of ether oxygens (including phenoxy) is 1. The molecule has 2 atom stereocenters. The quantitative estimate of drug-likeness (QED) is 0.611. The summed E-state index contributed by atoms with van der Waals surface area (Å²) < 4.78 is 5.44. The number of pyridine rings is 1. The normalized spacial score (nSPS) is 22.1. The number of nitrogens with one attached hydrogen (secondary N) is 3. The van der Waals surface area contributed by atoms with E-state index in [4.69, 9.17) is 16.3 Å². The number of carbonyl (C=O) groups is 1. The zero-order valence-electron chi connectivity index (χ0n) is 18.0. The van der Waals surface area contributed by atoms with E-state index in [0.717, 1.165) is 62.3 Å². The monoisotopic (exact) mass is 442 g/mol. The van der Waals surface area contributed by atoms with Gasteiger partial charge < -0.3 is 20.7 Å². The average molecular weight is 443 g/mol. The van der Waals surface area contributed by atoms with E-state index in [9.17, 15) is 4.79 Å². The SMILES string of the molecule is C[C@@H]1CC[C@@H](C(=O)Nc2cc(-c3cccc(NCC4CCOCC4)c3)c(Cl)cn2)CN1. The molecular weight excluding hydrogens is 412 g/mol. The molecule has 3 N–H and O–H groups in total. The Morgan fingerprint density at radius 2 is 2.06 bits per heavy atom. The highest BCUT2D eigenvalue weighted by molar-refractivity contribution is 6.33. The highest BCUT2D eigenvalue weighted by atomic mass is 35.5. The number of benzene rings is 1. The van der Waals surface area contributed by atoms with Gasteiger partial charge in [0.2, 0.25) is 5.91 Å². The summed E-state index contributed by atoms with van der Waals surface area (Å²) in [5.41, 5.74) is 2.91. The molecule has 31 heavy (non-hydrogen) atoms. The smallest absolute Gasteiger partial charge is 0.229 e. The lowest BCUT2D eigenvalue weighted by Crippen LogP contribution is -2.41. The van der Waals surface area contributed by atoms with Gasteiger partial charge in [-0.3, -0.25) is 4.79 Å². The van der Waals surface area contributed by atoms with Crippen LogP contribution in [0.4, 0.5) is 11.5 Å². The zero-order chi connectivity index (χ0) is 21.6. The Morgan fingerprint density at radius 1 is 1.23 bits per heavy atom. The van der Waals surface area contributed by atoms with E-state index in [1.165, 1.54) is 0 Å². The van der Waals surface area contributed by atoms with Crippen LogP contribution in [-0.2, 0) is 9.53 Å². The third-order valence-electron chi connectivity index (χ3n) is 6.25. The Balaban J connectivity index is 1.43. The van der Waals surface area contributed by atoms with E-state index in [1.807, 2.05) is 18.2 Å². The van der Waals surface area contributed by atoms with E-state index >= 15 is 0 Å². The predicted molar refractivity (Wildman–Crippen MR) is 126 cm³/mol. The van der Waals surface area contributed by atoms with E-state index in [1.54, 1.807) is 6.20 Å². The van der Waals surface area contributed by atoms with Crippen LogP contribution in [0.1, 0.15) is 32.6 Å². The first-order valence-corrected chi connectivity index (χ1v) is 11.6. The van der Waals surface area contributed by atoms with Crippen molar-refractivity contribution in [3.05, 3.63) is 41.6 Å². The van der Waals surface area contributed by atoms with Crippen LogP contribution in [0.5, 0.6) is 0 Å². The number of aromatic nitrogens is 1. The summed E-state index contributed by atoms with van der Waals surface area (Å²) in [6, 6.07) is 10.5. The van der Waals surface area contributed by atoms with E-state index in [-0.39, 0.29) is 11.8 Å². The fourth-order valence-electron chi connectivity index (χ4n) is 4.19. The lowest BCUT2D eigenvalue weighted by Gasteiger charge is -2.26. The summed E-state index contributed by atoms with van der Waals surface area (Å²) in [5.74, 6) is 1.14. The van der Waals surface area contributed by atoms with Gasteiger partial charge in [-0.1, -0.05) is 23.7 Å². The molecule has 0 bridgehead atoms. The molecule has 2 fully saturated rings. The predicted octanol–water partition coefficient (Wildman–Crippen LogP) is 4.57. The average Bonchev–Trinajstić information content (AvgIpc) is 2.80. The van der Waals surface area contributed by atoms with Crippen molar-refractivity contribution in [1.29, 1.82) is 0 Å². The summed E-state index contributed by atoms with van der Waals surface area (Å²) in [4.78, 5) is 17.0. The van der Waals surface area contributed by atoms with Crippen molar-refractivity contribution in [2.24, 2.45) is 11.8 Å². The number of nitrogens with zero attached hydrogens (tertiary/aromatic N) is 1. The second-order valence-electron chi connectivity index (χ2n) is 8.64. The van der Waals surface area contributed by atoms with Crippen molar-refractivity contribution in [3.8, 4) is 11.1 Å². The van der Waals surface area contributed by atoms with Crippen LogP contribution >= 0.6 is 11.6 Å². The van der Waals surface area contributed by atoms with Crippen LogP contribution in [0, 0.1) is 11.8 Å². The number of amides is 1. The number of carbonyl (C=O) groups excluding carboxylic acids is 1. The van der Waals surface area contributed by atoms with Gasteiger partial charge in [0.15, 0.2) is 0 Å². The number of hydrogen-bond acceptors (Lipinski definition) is 5. The molecule has 0 radical (unpaired) electrons. The summed E-state index contributed by atoms with van der Waals surface area (Å²) in [7, 11) is 0. The van der Waals surface area contributed by atoms with Crippen LogP contribution in [0.15, 0.2) is 36.5 Å². The number of hydrogen-bond donors (Lipinski definition) is 3. The number of anilines is 2. The molecule has 0 saturated carbocycles. The molecule has 1 amide bonds. The van der Waals surface area contributed by atoms with Gasteiger partial charge in [0.05, 0.1) is 10.9 Å². The van der Waals surface area contributed by atoms with Crippen molar-refractivity contribution in [2.75, 3.05) is 36.9 Å². The van der Waals surface area contributed by atoms with E-state index in [0.29, 0.717) is 29.3 Å². The molecule has 6 nitrogen and oxygen atoms in total. The molecule has 2 aromatic rings. The maximum Gasteiger partial charge on any atom is 0.229 e. The number of piperidine rings is 1. The van der Waals surface area contributed by atoms with Crippen molar-refractivity contribution < 1.29 is 9.53 Å². The molecule has 2 saturated heterocycles. The highest BCUT2D eigenvalue weighted by Gasteiger charge is 2.24. The van der Waals surface area contributed by atoms with Crippen LogP contribution in [0.25, 0.3) is 11.1 Å². The molecule has 166 valence electrons. The molecule has 3 heterocycles. The fourth-order valence-corrected chi connectivity index (χ4v) is 4.40. The van der Waals surface area contributed by atoms with Gasteiger partial charge in [-0.25, -0.2) is 4.98 Å². The van der Waals surface area contributed by atoms with Crippen molar-refractivity contribution in [3.63, 3.8) is 0 Å². The molecule has 0 aliphatic carbocycles. The summed E-state index contributed by atoms with van der Waals surface area (Å²) in [6.07, 6.45) is 5.70. The van der Waals surface area contributed by atoms with Gasteiger partial charge in [-0.05, 0) is 62.3 Å². The Morgan fingerprint density at radius 3 is 2.84 bits per heavy atom. The third-order valence-corrected chi connectivity index (χ3v) is 6.55. The van der Waals surface area contributed by atoms with E-state index < -0.39 is 0 Å². The van der Waals surface area contributed by atoms with Crippen molar-refractivity contribution in [1.82, 2.24) is 10.3 Å². The molecule has 4 rings (SSSR count). The van der Waals surface area contributed by atoms with Crippen molar-refractivity contribution in [2.45, 2.75) is 38.6 Å². The molecule has 1 aromatic heterocycles. The van der Waals surface area contributed by atoms with Crippen LogP contribution < -0.4 is 16.0 Å². The van der Waals surface area contributed by atoms with Gasteiger partial charge in [0.25, 0.3) is 0 Å². The first kappa shape index (κ1) is 22.1. The minimum atomic E-state index is -0.0326. The second-order valence-corrected chi connectivity index (χ2v) is 9.05. The molecule has 2 aliphatic rings. The van der Waals surface area contributed by atoms with Gasteiger partial charge in [-0.2, -0.15) is 0 Å². The molecule has 0 unspecified atom stereocenters. The number of halogens is 1. The van der Waals surface area contributed by atoms with Gasteiger partial charge >= 0.3 is 0 Å². The first-order valence-electron chi connectivity index (χ1n) is 11.2. The Bertz CT molecular complexity index is 893. The summed E-state index contributed by atoms with van der Waals surface area (Å²) in [5, 5.41) is 10.5. The van der Waals surface area contributed by atoms with Gasteiger partial charge in [0.1, 0.15) is 5.82 Å². The van der Waals surface area contributed by atoms with E-state index in [2.05, 4.69) is 40.0 Å². The summed E-state index contributed by atoms with van der Waals surface area (Å²) in [6.45, 7) is 5.49. The van der Waals surface area contributed by atoms with Crippen LogP contribution in [0.2, 0.25) is 5.02 Å². The first-order chi connectivity index (χ1) is 15.1. The molecule has 2 aliphatic heterocycles. The van der Waals surface area contributed by atoms with Crippen LogP contribution in [-0.4, -0.2) is 43.2 Å². The molecule has 0 spiro atoms. The van der Waals surface area contributed by atoms with Crippen LogP contribution in [0.3, 0.4) is 0 Å². The fraction of sp³-hybridized carbons (Fsp3) is 0.500. The molecule has 7 heteroatoms. The molecular formula is C24H31ClN4O2. The minimum Gasteiger partial charge on any atom is -0.385 e. The Labute approximate surface area is 189 Å². The topological polar surface area (TPSA) is 75.3 Å². The Hall–Kier alpha value is -2.15. The molecule has 1 aromatic carbocycles. The third kappa shape index (κ3) is 5.97. The minimum absolute atomic E-state index is 0.00653. The zero-order valence-corrected chi connectivity index (χ0v) is 18.8. The maximum atomic E-state index is 12.7. The standard InChI is InChI=1S/C24H31ClN4O2/c1-16-5-6-19(14-26-16)24(30)29-23-12-21(22(25)15-28-23)18-3-2-4-20(11-18)27-13-17-7-9-31-10-8-17/h2-4,11-12,15-17,19,26-27H,5-10,13-14H2,1H3,(H,28,29,30)/t16-,19-/m1/s1. The maximum absolute atomic E-state index is 12.7. The largest absolute Gasteiger partial charge is 0.385 e. The lowest BCUT2D eigenvalue weighted by molar-refractivity contribution is -0.120. The Kier molecular flexibility index (Phi) is 7.43. The highest BCUT2D eigenvalue weighted by Crippen LogP contribution is 2.31. The van der Waals surface area contributed by atoms with Gasteiger partial charge in [-0.15, -0.1) is 0 Å².